The molecule has 2 rings (SSSR count). The van der Waals surface area contributed by atoms with Gasteiger partial charge >= 0.3 is 0 Å². The Morgan fingerprint density at radius 2 is 2.05 bits per heavy atom. The molecular formula is C16H26N2O2. The largest absolute Gasteiger partial charge is 0.454 e. The molecule has 0 aromatic heterocycles. The molecule has 0 radical (unpaired) electrons. The number of ether oxygens (including phenoxy) is 2. The van der Waals surface area contributed by atoms with E-state index in [0.717, 1.165) is 24.6 Å². The maximum atomic E-state index is 5.53. The topological polar surface area (TPSA) is 33.7 Å². The van der Waals surface area contributed by atoms with Crippen molar-refractivity contribution in [1.82, 2.24) is 10.2 Å². The smallest absolute Gasteiger partial charge is 0.231 e. The minimum atomic E-state index is 0.333. The van der Waals surface area contributed by atoms with Gasteiger partial charge in [0.1, 0.15) is 0 Å². The lowest BCUT2D eigenvalue weighted by molar-refractivity contribution is 0.173. The molecule has 0 spiro atoms. The fourth-order valence-corrected chi connectivity index (χ4v) is 2.52. The van der Waals surface area contributed by atoms with Crippen molar-refractivity contribution in [3.63, 3.8) is 0 Å². The van der Waals surface area contributed by atoms with Gasteiger partial charge in [0, 0.05) is 24.7 Å². The van der Waals surface area contributed by atoms with Crippen LogP contribution in [0.3, 0.4) is 0 Å². The van der Waals surface area contributed by atoms with E-state index in [2.05, 4.69) is 44.2 Å². The molecule has 1 unspecified atom stereocenters. The summed E-state index contributed by atoms with van der Waals surface area (Å²) < 4.78 is 10.9. The van der Waals surface area contributed by atoms with Crippen molar-refractivity contribution in [2.75, 3.05) is 27.4 Å². The molecule has 1 aromatic carbocycles. The highest BCUT2D eigenvalue weighted by molar-refractivity contribution is 5.48. The van der Waals surface area contributed by atoms with Gasteiger partial charge in [0.2, 0.25) is 6.79 Å². The van der Waals surface area contributed by atoms with Crippen LogP contribution in [0.2, 0.25) is 0 Å². The lowest BCUT2D eigenvalue weighted by Gasteiger charge is -2.26. The van der Waals surface area contributed by atoms with Gasteiger partial charge in [0.15, 0.2) is 11.5 Å². The summed E-state index contributed by atoms with van der Waals surface area (Å²) in [6.45, 7) is 6.67. The normalized spacial score (nSPS) is 15.1. The first kappa shape index (κ1) is 15.1. The van der Waals surface area contributed by atoms with E-state index < -0.39 is 0 Å². The van der Waals surface area contributed by atoms with Gasteiger partial charge in [-0.2, -0.15) is 0 Å². The Bertz CT molecular complexity index is 432. The van der Waals surface area contributed by atoms with Gasteiger partial charge in [0.05, 0.1) is 0 Å². The minimum Gasteiger partial charge on any atom is -0.454 e. The molecule has 1 aromatic rings. The van der Waals surface area contributed by atoms with Crippen LogP contribution in [0.1, 0.15) is 25.8 Å². The quantitative estimate of drug-likeness (QED) is 0.831. The van der Waals surface area contributed by atoms with E-state index in [-0.39, 0.29) is 0 Å². The monoisotopic (exact) mass is 278 g/mol. The van der Waals surface area contributed by atoms with Crippen molar-refractivity contribution in [2.24, 2.45) is 5.92 Å². The zero-order valence-corrected chi connectivity index (χ0v) is 13.0. The molecule has 1 heterocycles. The van der Waals surface area contributed by atoms with Gasteiger partial charge in [-0.15, -0.1) is 0 Å². The molecule has 1 aliphatic rings. The van der Waals surface area contributed by atoms with Gasteiger partial charge < -0.3 is 19.7 Å². The molecule has 1 aliphatic heterocycles. The van der Waals surface area contributed by atoms with Crippen LogP contribution in [0, 0.1) is 5.92 Å². The van der Waals surface area contributed by atoms with Crippen molar-refractivity contribution in [1.29, 1.82) is 0 Å². The fourth-order valence-electron chi connectivity index (χ4n) is 2.52. The summed E-state index contributed by atoms with van der Waals surface area (Å²) >= 11 is 0. The molecule has 4 heteroatoms. The van der Waals surface area contributed by atoms with Crippen molar-refractivity contribution in [2.45, 2.75) is 32.9 Å². The van der Waals surface area contributed by atoms with Gasteiger partial charge in [-0.25, -0.2) is 0 Å². The van der Waals surface area contributed by atoms with E-state index >= 15 is 0 Å². The lowest BCUT2D eigenvalue weighted by Crippen LogP contribution is -2.38. The zero-order chi connectivity index (χ0) is 14.5. The molecule has 1 atom stereocenters. The molecule has 0 bridgehead atoms. The number of rotatable bonds is 7. The predicted octanol–water partition coefficient (Wildman–Crippen LogP) is 2.48. The maximum absolute atomic E-state index is 5.53. The van der Waals surface area contributed by atoms with Crippen LogP contribution in [0.5, 0.6) is 11.5 Å². The van der Waals surface area contributed by atoms with Crippen LogP contribution >= 0.6 is 0 Å². The summed E-state index contributed by atoms with van der Waals surface area (Å²) in [7, 11) is 4.29. The van der Waals surface area contributed by atoms with E-state index in [0.29, 0.717) is 18.8 Å². The van der Waals surface area contributed by atoms with E-state index in [1.165, 1.54) is 12.0 Å². The van der Waals surface area contributed by atoms with Crippen LogP contribution in [0.4, 0.5) is 0 Å². The van der Waals surface area contributed by atoms with Crippen molar-refractivity contribution in [3.8, 4) is 11.5 Å². The van der Waals surface area contributed by atoms with E-state index in [4.69, 9.17) is 9.47 Å². The molecule has 0 saturated heterocycles. The standard InChI is InChI=1S/C16H26N2O2/c1-12(2)8-14(18(3)4)10-17-9-13-6-5-7-15-16(13)20-11-19-15/h5-7,12,14,17H,8-11H2,1-4H3. The van der Waals surface area contributed by atoms with Crippen molar-refractivity contribution in [3.05, 3.63) is 23.8 Å². The third-order valence-corrected chi connectivity index (χ3v) is 3.65. The van der Waals surface area contributed by atoms with Crippen molar-refractivity contribution < 1.29 is 9.47 Å². The number of para-hydroxylation sites is 1. The molecule has 0 amide bonds. The Balaban J connectivity index is 1.87. The number of hydrogen-bond acceptors (Lipinski definition) is 4. The summed E-state index contributed by atoms with van der Waals surface area (Å²) in [6, 6.07) is 6.62. The number of nitrogens with one attached hydrogen (secondary N) is 1. The Morgan fingerprint density at radius 1 is 1.25 bits per heavy atom. The number of likely N-dealkylation sites (N-methyl/N-ethyl adjacent to an activating group) is 1. The summed E-state index contributed by atoms with van der Waals surface area (Å²) in [4.78, 5) is 2.29. The number of hydrogen-bond donors (Lipinski definition) is 1. The minimum absolute atomic E-state index is 0.333. The number of fused-ring (bicyclic) bond motifs is 1. The van der Waals surface area contributed by atoms with Gasteiger partial charge in [-0.3, -0.25) is 0 Å². The summed E-state index contributed by atoms with van der Waals surface area (Å²) in [6.07, 6.45) is 1.20. The van der Waals surface area contributed by atoms with Crippen LogP contribution in [-0.2, 0) is 6.54 Å². The highest BCUT2D eigenvalue weighted by atomic mass is 16.7. The molecule has 0 saturated carbocycles. The molecule has 0 fully saturated rings. The molecule has 112 valence electrons. The average molecular weight is 278 g/mol. The lowest BCUT2D eigenvalue weighted by atomic mass is 10.0. The highest BCUT2D eigenvalue weighted by Gasteiger charge is 2.17. The van der Waals surface area contributed by atoms with Gasteiger partial charge in [-0.05, 0) is 32.5 Å². The number of benzene rings is 1. The van der Waals surface area contributed by atoms with Gasteiger partial charge in [-0.1, -0.05) is 26.0 Å². The Morgan fingerprint density at radius 3 is 2.75 bits per heavy atom. The van der Waals surface area contributed by atoms with E-state index in [9.17, 15) is 0 Å². The maximum Gasteiger partial charge on any atom is 0.231 e. The fraction of sp³-hybridized carbons (Fsp3) is 0.625. The second-order valence-corrected chi connectivity index (χ2v) is 6.03. The second-order valence-electron chi connectivity index (χ2n) is 6.03. The van der Waals surface area contributed by atoms with Crippen LogP contribution < -0.4 is 14.8 Å². The van der Waals surface area contributed by atoms with Crippen LogP contribution in [0.15, 0.2) is 18.2 Å². The van der Waals surface area contributed by atoms with E-state index in [1.54, 1.807) is 0 Å². The zero-order valence-electron chi connectivity index (χ0n) is 13.0. The first-order valence-electron chi connectivity index (χ1n) is 7.32. The van der Waals surface area contributed by atoms with Crippen LogP contribution in [-0.4, -0.2) is 38.4 Å². The molecular weight excluding hydrogens is 252 g/mol. The third-order valence-electron chi connectivity index (χ3n) is 3.65. The molecule has 0 aliphatic carbocycles. The predicted molar refractivity (Wildman–Crippen MR) is 81.2 cm³/mol. The van der Waals surface area contributed by atoms with E-state index in [1.807, 2.05) is 12.1 Å². The highest BCUT2D eigenvalue weighted by Crippen LogP contribution is 2.35. The third kappa shape index (κ3) is 3.87. The first-order chi connectivity index (χ1) is 9.58. The first-order valence-corrected chi connectivity index (χ1v) is 7.32. The summed E-state index contributed by atoms with van der Waals surface area (Å²) in [5.74, 6) is 2.46. The van der Waals surface area contributed by atoms with Gasteiger partial charge in [0.25, 0.3) is 0 Å². The Hall–Kier alpha value is -1.26. The average Bonchev–Trinajstić information content (AvgIpc) is 2.86. The molecule has 20 heavy (non-hydrogen) atoms. The second kappa shape index (κ2) is 6.95. The molecule has 4 nitrogen and oxygen atoms in total. The summed E-state index contributed by atoms with van der Waals surface area (Å²) in [5, 5.41) is 3.54. The summed E-state index contributed by atoms with van der Waals surface area (Å²) in [5.41, 5.74) is 1.17. The van der Waals surface area contributed by atoms with Crippen LogP contribution in [0.25, 0.3) is 0 Å². The molecule has 1 N–H and O–H groups in total. The van der Waals surface area contributed by atoms with Crippen molar-refractivity contribution >= 4 is 0 Å². The SMILES string of the molecule is CC(C)CC(CNCc1cccc2c1OCO2)N(C)C. The Labute approximate surface area is 122 Å². The number of nitrogens with zero attached hydrogens (tertiary/aromatic N) is 1. The Kier molecular flexibility index (Phi) is 5.26.